The first-order valence-electron chi connectivity index (χ1n) is 4.38. The minimum atomic E-state index is -4.89. The average molecular weight is 250 g/mol. The topological polar surface area (TPSA) is 118 Å². The maximum Gasteiger partial charge on any atom is 0.262 e. The largest absolute Gasteiger partial charge is 0.756 e. The molecular weight excluding hydrogens is 235 g/mol. The molecule has 0 bridgehead atoms. The van der Waals surface area contributed by atoms with Crippen molar-refractivity contribution in [2.45, 2.75) is 6.54 Å². The lowest BCUT2D eigenvalue weighted by atomic mass is 10.3. The number of rotatable bonds is 2. The molecule has 0 radical (unpaired) electrons. The van der Waals surface area contributed by atoms with Gasteiger partial charge in [-0.05, 0) is 12.1 Å². The van der Waals surface area contributed by atoms with Crippen molar-refractivity contribution in [2.75, 3.05) is 14.1 Å². The molecule has 0 spiro atoms. The summed E-state index contributed by atoms with van der Waals surface area (Å²) in [5.74, 6) is 0.286. The smallest absolute Gasteiger partial charge is 0.262 e. The third-order valence-corrected chi connectivity index (χ3v) is 1.39. The first kappa shape index (κ1) is 15.0. The fourth-order valence-electron chi connectivity index (χ4n) is 0.901. The molecule has 1 aromatic rings. The van der Waals surface area contributed by atoms with E-state index in [1.807, 2.05) is 14.1 Å². The van der Waals surface area contributed by atoms with E-state index < -0.39 is 7.82 Å². The first-order valence-corrected chi connectivity index (χ1v) is 5.91. The Kier molecular flexibility index (Phi) is 6.17. The lowest BCUT2D eigenvalue weighted by molar-refractivity contribution is -0.873. The zero-order valence-electron chi connectivity index (χ0n) is 8.99. The van der Waals surface area contributed by atoms with E-state index in [9.17, 15) is 5.11 Å². The Morgan fingerprint density at radius 3 is 2.38 bits per heavy atom. The number of pyridine rings is 1. The molecule has 0 aliphatic carbocycles. The number of hydrogen-bond acceptors (Lipinski definition) is 4. The van der Waals surface area contributed by atoms with Crippen molar-refractivity contribution in [1.29, 1.82) is 0 Å². The number of nitrogens with one attached hydrogen (secondary N) is 1. The monoisotopic (exact) mass is 250 g/mol. The van der Waals surface area contributed by atoms with E-state index in [1.54, 1.807) is 18.3 Å². The van der Waals surface area contributed by atoms with Crippen LogP contribution in [0.1, 0.15) is 5.69 Å². The van der Waals surface area contributed by atoms with Gasteiger partial charge in [0.15, 0.2) is 0 Å². The number of hydrogen-bond donors (Lipinski definition) is 4. The molecular formula is C8H15N2O5P. The second-order valence-electron chi connectivity index (χ2n) is 3.34. The highest BCUT2D eigenvalue weighted by Crippen LogP contribution is 2.18. The Bertz CT molecular complexity index is 357. The summed E-state index contributed by atoms with van der Waals surface area (Å²) in [6.07, 6.45) is 1.69. The van der Waals surface area contributed by atoms with Gasteiger partial charge in [-0.15, -0.1) is 0 Å². The van der Waals surface area contributed by atoms with Crippen LogP contribution >= 0.6 is 7.82 Å². The van der Waals surface area contributed by atoms with E-state index in [1.165, 1.54) is 4.90 Å². The van der Waals surface area contributed by atoms with Gasteiger partial charge in [-0.25, -0.2) is 0 Å². The van der Waals surface area contributed by atoms with Crippen molar-refractivity contribution in [1.82, 2.24) is 4.98 Å². The third kappa shape index (κ3) is 9.57. The minimum absolute atomic E-state index is 0.286. The summed E-state index contributed by atoms with van der Waals surface area (Å²) in [5, 5.41) is 9.28. The second kappa shape index (κ2) is 6.57. The molecule has 8 heteroatoms. The van der Waals surface area contributed by atoms with E-state index in [0.717, 1.165) is 12.2 Å². The first-order chi connectivity index (χ1) is 7.20. The second-order valence-corrected chi connectivity index (χ2v) is 4.32. The Morgan fingerprint density at radius 1 is 1.50 bits per heavy atom. The Labute approximate surface area is 93.2 Å². The minimum Gasteiger partial charge on any atom is -0.756 e. The summed E-state index contributed by atoms with van der Waals surface area (Å²) >= 11 is 0. The Morgan fingerprint density at radius 2 is 2.00 bits per heavy atom. The molecule has 0 aliphatic rings. The highest BCUT2D eigenvalue weighted by atomic mass is 31.2. The lowest BCUT2D eigenvalue weighted by Crippen LogP contribution is -3.04. The van der Waals surface area contributed by atoms with Crippen LogP contribution in [-0.4, -0.2) is 34.0 Å². The van der Waals surface area contributed by atoms with Crippen LogP contribution in [0, 0.1) is 0 Å². The van der Waals surface area contributed by atoms with E-state index in [4.69, 9.17) is 19.2 Å². The summed E-state index contributed by atoms with van der Waals surface area (Å²) in [6, 6.07) is 3.38. The molecule has 0 atom stereocenters. The quantitative estimate of drug-likeness (QED) is 0.445. The van der Waals surface area contributed by atoms with Crippen LogP contribution in [0.4, 0.5) is 0 Å². The number of aromatic hydroxyl groups is 1. The summed E-state index contributed by atoms with van der Waals surface area (Å²) < 4.78 is 8.77. The van der Waals surface area contributed by atoms with Crippen LogP contribution in [0.5, 0.6) is 5.75 Å². The van der Waals surface area contributed by atoms with Gasteiger partial charge in [-0.1, -0.05) is 0 Å². The van der Waals surface area contributed by atoms with Crippen molar-refractivity contribution in [3.8, 4) is 5.75 Å². The molecule has 0 saturated carbocycles. The molecule has 0 aliphatic heterocycles. The zero-order chi connectivity index (χ0) is 12.8. The van der Waals surface area contributed by atoms with Crippen LogP contribution in [0.2, 0.25) is 0 Å². The van der Waals surface area contributed by atoms with Gasteiger partial charge in [0.1, 0.15) is 18.0 Å². The molecule has 0 amide bonds. The van der Waals surface area contributed by atoms with Crippen molar-refractivity contribution in [3.63, 3.8) is 0 Å². The predicted molar refractivity (Wildman–Crippen MR) is 54.5 cm³/mol. The van der Waals surface area contributed by atoms with Crippen molar-refractivity contribution in [2.24, 2.45) is 0 Å². The number of aromatic nitrogens is 1. The molecule has 0 fully saturated rings. The van der Waals surface area contributed by atoms with Crippen LogP contribution in [0.25, 0.3) is 0 Å². The molecule has 1 aromatic heterocycles. The highest BCUT2D eigenvalue weighted by molar-refractivity contribution is 7.43. The van der Waals surface area contributed by atoms with Crippen molar-refractivity contribution >= 4 is 7.82 Å². The van der Waals surface area contributed by atoms with Gasteiger partial charge in [0.2, 0.25) is 0 Å². The standard InChI is InChI=1S/C8H12N2O.H3O4P/c1-10(2)6-7-8(11)4-3-5-9-7;1-5(2,3)4/h3-5,11H,6H2,1-2H3;(H3,1,2,3,4). The highest BCUT2D eigenvalue weighted by Gasteiger charge is 2.03. The van der Waals surface area contributed by atoms with Crippen LogP contribution in [-0.2, 0) is 11.1 Å². The van der Waals surface area contributed by atoms with E-state index in [-0.39, 0.29) is 5.75 Å². The fraction of sp³-hybridized carbons (Fsp3) is 0.375. The van der Waals surface area contributed by atoms with Gasteiger partial charge in [-0.3, -0.25) is 9.55 Å². The van der Waals surface area contributed by atoms with Crippen LogP contribution in [0.3, 0.4) is 0 Å². The maximum absolute atomic E-state index is 9.28. The lowest BCUT2D eigenvalue weighted by Gasteiger charge is -2.06. The summed E-state index contributed by atoms with van der Waals surface area (Å²) in [5.41, 5.74) is 0.757. The molecule has 0 unspecified atom stereocenters. The summed E-state index contributed by atoms with van der Waals surface area (Å²) in [6.45, 7) is 0.757. The van der Waals surface area contributed by atoms with Gasteiger partial charge in [-0.2, -0.15) is 0 Å². The van der Waals surface area contributed by atoms with Crippen molar-refractivity contribution in [3.05, 3.63) is 24.0 Å². The molecule has 7 nitrogen and oxygen atoms in total. The normalized spacial score (nSPS) is 10.9. The molecule has 4 N–H and O–H groups in total. The van der Waals surface area contributed by atoms with Gasteiger partial charge in [0.25, 0.3) is 7.82 Å². The number of quaternary nitrogens is 1. The molecule has 0 saturated heterocycles. The average Bonchev–Trinajstić information content (AvgIpc) is 2.05. The van der Waals surface area contributed by atoms with Gasteiger partial charge in [0, 0.05) is 6.20 Å². The summed E-state index contributed by atoms with van der Waals surface area (Å²) in [4.78, 5) is 28.2. The Balaban J connectivity index is 0.000000385. The van der Waals surface area contributed by atoms with E-state index >= 15 is 0 Å². The predicted octanol–water partition coefficient (Wildman–Crippen LogP) is -2.13. The molecule has 0 aromatic carbocycles. The number of nitrogens with zero attached hydrogens (tertiary/aromatic N) is 1. The van der Waals surface area contributed by atoms with E-state index in [2.05, 4.69) is 4.98 Å². The van der Waals surface area contributed by atoms with Crippen molar-refractivity contribution < 1.29 is 29.3 Å². The van der Waals surface area contributed by atoms with Gasteiger partial charge in [0.05, 0.1) is 14.1 Å². The van der Waals surface area contributed by atoms with E-state index in [0.29, 0.717) is 0 Å². The molecule has 1 rings (SSSR count). The maximum atomic E-state index is 9.28. The zero-order valence-corrected chi connectivity index (χ0v) is 9.89. The summed E-state index contributed by atoms with van der Waals surface area (Å²) in [7, 11) is -0.845. The molecule has 16 heavy (non-hydrogen) atoms. The molecule has 1 heterocycles. The third-order valence-electron chi connectivity index (χ3n) is 1.39. The van der Waals surface area contributed by atoms with Gasteiger partial charge < -0.3 is 24.7 Å². The molecule has 92 valence electrons. The Hall–Kier alpha value is -0.980. The van der Waals surface area contributed by atoms with Gasteiger partial charge >= 0.3 is 0 Å². The fourth-order valence-corrected chi connectivity index (χ4v) is 0.901. The number of phosphoric acid groups is 1. The SMILES string of the molecule is C[NH+](C)Cc1ncccc1O.O=P([O-])(O)O. The van der Waals surface area contributed by atoms with Crippen LogP contribution in [0.15, 0.2) is 18.3 Å². The van der Waals surface area contributed by atoms with Crippen LogP contribution < -0.4 is 9.79 Å².